The second kappa shape index (κ2) is 18.7. The number of rotatable bonds is 12. The Morgan fingerprint density at radius 3 is 2.54 bits per heavy atom. The minimum absolute atomic E-state index is 0.0630. The number of piperazine rings is 1. The normalized spacial score (nSPS) is 19.9. The summed E-state index contributed by atoms with van der Waals surface area (Å²) >= 11 is 6.29. The molecule has 3 aromatic carbocycles. The van der Waals surface area contributed by atoms with Crippen molar-refractivity contribution in [2.45, 2.75) is 55.9 Å². The van der Waals surface area contributed by atoms with Crippen molar-refractivity contribution in [3.05, 3.63) is 111 Å². The lowest BCUT2D eigenvalue weighted by atomic mass is 9.59. The predicted octanol–water partition coefficient (Wildman–Crippen LogP) is 8.06. The molecule has 352 valence electrons. The van der Waals surface area contributed by atoms with Crippen molar-refractivity contribution in [1.82, 2.24) is 19.6 Å². The molecule has 16 nitrogen and oxygen atoms in total. The molecule has 0 unspecified atom stereocenters. The lowest BCUT2D eigenvalue weighted by Crippen LogP contribution is -2.47. The van der Waals surface area contributed by atoms with Crippen LogP contribution in [0, 0.1) is 21.3 Å². The van der Waals surface area contributed by atoms with Crippen molar-refractivity contribution in [1.29, 1.82) is 0 Å². The average Bonchev–Trinajstić information content (AvgIpc) is 3.69. The average molecular weight is 956 g/mol. The molecular weight excluding hydrogens is 903 g/mol. The van der Waals surface area contributed by atoms with Crippen LogP contribution in [-0.4, -0.2) is 112 Å². The summed E-state index contributed by atoms with van der Waals surface area (Å²) in [6, 6.07) is 18.1. The maximum absolute atomic E-state index is 17.7. The number of pyridine rings is 1. The number of halogens is 2. The van der Waals surface area contributed by atoms with Crippen LogP contribution in [0.5, 0.6) is 5.88 Å². The first-order valence-electron chi connectivity index (χ1n) is 22.9. The first-order chi connectivity index (χ1) is 32.4. The molecule has 0 bridgehead atoms. The van der Waals surface area contributed by atoms with Crippen molar-refractivity contribution in [3.63, 3.8) is 0 Å². The first kappa shape index (κ1) is 45.0. The van der Waals surface area contributed by atoms with Gasteiger partial charge < -0.3 is 34.3 Å². The zero-order valence-corrected chi connectivity index (χ0v) is 38.5. The fourth-order valence-electron chi connectivity index (χ4n) is 10.1. The molecule has 19 heteroatoms. The molecule has 0 radical (unpaired) electrons. The Morgan fingerprint density at radius 1 is 0.970 bits per heavy atom. The summed E-state index contributed by atoms with van der Waals surface area (Å²) in [4.78, 5) is 39.1. The highest BCUT2D eigenvalue weighted by molar-refractivity contribution is 7.90. The van der Waals surface area contributed by atoms with Crippen molar-refractivity contribution in [3.8, 4) is 5.88 Å². The molecule has 1 amide bonds. The molecule has 1 atom stereocenters. The van der Waals surface area contributed by atoms with Gasteiger partial charge in [0, 0.05) is 68.5 Å². The van der Waals surface area contributed by atoms with Gasteiger partial charge in [-0.15, -0.1) is 0 Å². The number of anilines is 4. The highest BCUT2D eigenvalue weighted by Crippen LogP contribution is 2.55. The van der Waals surface area contributed by atoms with E-state index >= 15 is 4.39 Å². The fraction of sp³-hybridized carbons (Fsp3) is 0.417. The van der Waals surface area contributed by atoms with Crippen molar-refractivity contribution >= 4 is 72.6 Å². The molecule has 1 spiro atoms. The Morgan fingerprint density at radius 2 is 1.79 bits per heavy atom. The Hall–Kier alpha value is -5.79. The largest absolute Gasteiger partial charge is 0.476 e. The van der Waals surface area contributed by atoms with Crippen LogP contribution in [0.2, 0.25) is 5.02 Å². The van der Waals surface area contributed by atoms with Gasteiger partial charge >= 0.3 is 0 Å². The highest BCUT2D eigenvalue weighted by atomic mass is 35.5. The van der Waals surface area contributed by atoms with E-state index in [0.717, 1.165) is 36.9 Å². The van der Waals surface area contributed by atoms with Gasteiger partial charge in [0.05, 0.1) is 59.3 Å². The minimum atomic E-state index is -4.73. The van der Waals surface area contributed by atoms with Crippen LogP contribution in [0.3, 0.4) is 0 Å². The van der Waals surface area contributed by atoms with E-state index in [2.05, 4.69) is 37.0 Å². The zero-order chi connectivity index (χ0) is 46.3. The van der Waals surface area contributed by atoms with Gasteiger partial charge in [-0.25, -0.2) is 17.5 Å². The number of nitro benzene ring substituents is 1. The van der Waals surface area contributed by atoms with Crippen LogP contribution in [0.15, 0.2) is 83.4 Å². The van der Waals surface area contributed by atoms with Crippen LogP contribution in [-0.2, 0) is 19.5 Å². The van der Waals surface area contributed by atoms with Crippen LogP contribution in [0.4, 0.5) is 32.8 Å². The number of sulfonamides is 1. The van der Waals surface area contributed by atoms with Gasteiger partial charge in [0.15, 0.2) is 5.82 Å². The van der Waals surface area contributed by atoms with Crippen molar-refractivity contribution in [2.24, 2.45) is 5.41 Å². The van der Waals surface area contributed by atoms with Crippen molar-refractivity contribution in [2.75, 3.05) is 87.4 Å². The number of hydrogen-bond donors (Lipinski definition) is 3. The number of H-pyrrole nitrogens is 1. The number of carbonyl (C=O) groups is 1. The number of fused-ring (bicyclic) bond motifs is 2. The topological polar surface area (TPSA) is 185 Å². The summed E-state index contributed by atoms with van der Waals surface area (Å²) in [6.07, 6.45) is 8.96. The Labute approximate surface area is 392 Å². The molecule has 5 aromatic rings. The van der Waals surface area contributed by atoms with E-state index in [4.69, 9.17) is 25.8 Å². The molecular formula is C48H52ClFN8O8S. The van der Waals surface area contributed by atoms with Crippen LogP contribution in [0.25, 0.3) is 16.6 Å². The number of ether oxygens (including phenoxy) is 3. The number of carbonyl (C=O) groups excluding carboxylic acids is 1. The summed E-state index contributed by atoms with van der Waals surface area (Å²) in [5.41, 5.74) is 4.89. The molecule has 67 heavy (non-hydrogen) atoms. The Kier molecular flexibility index (Phi) is 12.6. The molecule has 3 fully saturated rings. The van der Waals surface area contributed by atoms with E-state index in [1.807, 2.05) is 23.1 Å². The molecule has 2 aliphatic carbocycles. The summed E-state index contributed by atoms with van der Waals surface area (Å²) < 4.78 is 64.7. The monoisotopic (exact) mass is 954 g/mol. The van der Waals surface area contributed by atoms with Gasteiger partial charge in [-0.05, 0) is 104 Å². The number of amides is 1. The molecule has 5 heterocycles. The van der Waals surface area contributed by atoms with E-state index in [1.165, 1.54) is 60.6 Å². The molecule has 5 aliphatic rings. The number of aromatic nitrogens is 2. The van der Waals surface area contributed by atoms with Gasteiger partial charge in [0.25, 0.3) is 21.6 Å². The van der Waals surface area contributed by atoms with E-state index < -0.39 is 37.3 Å². The van der Waals surface area contributed by atoms with Gasteiger partial charge in [-0.3, -0.25) is 19.8 Å². The molecule has 1 saturated carbocycles. The van der Waals surface area contributed by atoms with Crippen LogP contribution >= 0.6 is 11.6 Å². The van der Waals surface area contributed by atoms with Crippen molar-refractivity contribution < 1.29 is 36.7 Å². The van der Waals surface area contributed by atoms with E-state index in [1.54, 1.807) is 17.2 Å². The smallest absolute Gasteiger partial charge is 0.293 e. The molecule has 10 rings (SSSR count). The maximum atomic E-state index is 17.7. The number of nitrogens with zero attached hydrogens (tertiary/aromatic N) is 5. The number of benzene rings is 3. The minimum Gasteiger partial charge on any atom is -0.476 e. The number of nitro groups is 1. The summed E-state index contributed by atoms with van der Waals surface area (Å²) in [6.45, 7) is 5.01. The lowest BCUT2D eigenvalue weighted by molar-refractivity contribution is -0.384. The number of aromatic amines is 1. The summed E-state index contributed by atoms with van der Waals surface area (Å²) in [7, 11) is -4.73. The third kappa shape index (κ3) is 9.29. The highest BCUT2D eigenvalue weighted by Gasteiger charge is 2.41. The van der Waals surface area contributed by atoms with E-state index in [-0.39, 0.29) is 54.3 Å². The third-order valence-corrected chi connectivity index (χ3v) is 15.5. The quantitative estimate of drug-likeness (QED) is 0.0807. The van der Waals surface area contributed by atoms with E-state index in [0.29, 0.717) is 74.2 Å². The second-order valence-electron chi connectivity index (χ2n) is 18.1. The predicted molar refractivity (Wildman–Crippen MR) is 254 cm³/mol. The second-order valence-corrected chi connectivity index (χ2v) is 20.2. The number of allylic oxidation sites excluding steroid dienone is 1. The number of nitrogens with one attached hydrogen (secondary N) is 3. The van der Waals surface area contributed by atoms with Gasteiger partial charge in [0.2, 0.25) is 5.88 Å². The third-order valence-electron chi connectivity index (χ3n) is 13.9. The van der Waals surface area contributed by atoms with Gasteiger partial charge in [-0.1, -0.05) is 35.7 Å². The molecule has 3 N–H and O–H groups in total. The summed E-state index contributed by atoms with van der Waals surface area (Å²) in [5.74, 6) is -1.59. The fourth-order valence-corrected chi connectivity index (χ4v) is 11.3. The van der Waals surface area contributed by atoms with Crippen LogP contribution < -0.4 is 24.6 Å². The molecule has 3 aliphatic heterocycles. The SMILES string of the molecule is O=C(NS(=O)(=O)c1ccc(NC[C@H]2COCCO2)c([N+](=O)[O-])c1)c1ccc(N2CCN(CC3=C(c4ccc(Cl)cc4)CC4(CCC4)CC3)CC2)c(F)c1N1CCCOc2nc3[nH]ccc3cc21. The summed E-state index contributed by atoms with van der Waals surface area (Å²) in [5, 5.41) is 16.6. The zero-order valence-electron chi connectivity index (χ0n) is 36.9. The van der Waals surface area contributed by atoms with Gasteiger partial charge in [0.1, 0.15) is 17.0 Å². The van der Waals surface area contributed by atoms with Crippen LogP contribution in [0.1, 0.15) is 60.9 Å². The Balaban J connectivity index is 0.935. The number of hydrogen-bond acceptors (Lipinski definition) is 13. The van der Waals surface area contributed by atoms with E-state index in [9.17, 15) is 23.3 Å². The molecule has 2 aromatic heterocycles. The first-order valence-corrected chi connectivity index (χ1v) is 24.7. The standard InChI is InChI=1S/C48H52ClFN8O8S/c49-34-5-3-31(4-6-34)38-27-48(13-1-14-48)15-11-33(38)29-55-18-20-56(21-19-55)40-10-8-37(44(43(40)50)57-17-2-22-66-47-42(57)25-32-12-16-51-45(32)53-47)46(59)54-67(62,63)36-7-9-39(41(26-36)58(60)61)52-28-35-30-64-23-24-65-35/h3-10,12,16,25-26,35,52H,1-2,11,13-15,17-24,27-30H2,(H,51,53)(H,54,59)/t35-/m0/s1. The van der Waals surface area contributed by atoms with Gasteiger partial charge in [-0.2, -0.15) is 4.98 Å². The molecule has 2 saturated heterocycles. The maximum Gasteiger partial charge on any atom is 0.293 e. The lowest BCUT2D eigenvalue weighted by Gasteiger charge is -2.47. The Bertz CT molecular complexity index is 2840.